The molecule has 0 radical (unpaired) electrons. The lowest BCUT2D eigenvalue weighted by molar-refractivity contribution is -0.147. The first-order valence-corrected chi connectivity index (χ1v) is 8.22. The smallest absolute Gasteiger partial charge is 0.310 e. The van der Waals surface area contributed by atoms with Gasteiger partial charge in [0.2, 0.25) is 5.91 Å². The van der Waals surface area contributed by atoms with E-state index >= 15 is 0 Å². The molecule has 0 bridgehead atoms. The zero-order valence-corrected chi connectivity index (χ0v) is 13.8. The zero-order chi connectivity index (χ0) is 16.0. The van der Waals surface area contributed by atoms with Crippen molar-refractivity contribution < 1.29 is 14.3 Å². The molecule has 1 aliphatic heterocycles. The average Bonchev–Trinajstić information content (AvgIpc) is 3.26. The Bertz CT molecular complexity index is 805. The first-order chi connectivity index (χ1) is 11.1. The van der Waals surface area contributed by atoms with Crippen molar-refractivity contribution in [3.05, 3.63) is 64.1 Å². The molecule has 116 valence electrons. The van der Waals surface area contributed by atoms with Gasteiger partial charge in [-0.05, 0) is 35.7 Å². The highest BCUT2D eigenvalue weighted by molar-refractivity contribution is 9.10. The number of benzene rings is 2. The highest BCUT2D eigenvalue weighted by atomic mass is 79.9. The molecule has 0 saturated heterocycles. The number of carbonyl (C=O) groups excluding carboxylic acids is 2. The number of hydrogen-bond donors (Lipinski definition) is 1. The fourth-order valence-corrected chi connectivity index (χ4v) is 3.64. The van der Waals surface area contributed by atoms with Crippen molar-refractivity contribution in [2.24, 2.45) is 5.92 Å². The first-order valence-electron chi connectivity index (χ1n) is 7.43. The summed E-state index contributed by atoms with van der Waals surface area (Å²) < 4.78 is 6.30. The molecule has 2 aromatic rings. The van der Waals surface area contributed by atoms with E-state index in [4.69, 9.17) is 4.74 Å². The van der Waals surface area contributed by atoms with E-state index in [1.54, 1.807) is 0 Å². The summed E-state index contributed by atoms with van der Waals surface area (Å²) in [5.41, 5.74) is 1.87. The number of carbonyl (C=O) groups is 2. The quantitative estimate of drug-likeness (QED) is 0.841. The van der Waals surface area contributed by atoms with Crippen LogP contribution in [-0.2, 0) is 26.3 Å². The van der Waals surface area contributed by atoms with Crippen LogP contribution in [0.1, 0.15) is 17.5 Å². The fraction of sp³-hybridized carbons (Fsp3) is 0.222. The highest BCUT2D eigenvalue weighted by Gasteiger charge is 2.68. The molecule has 5 heteroatoms. The molecule has 2 atom stereocenters. The number of hydrogen-bond acceptors (Lipinski definition) is 3. The van der Waals surface area contributed by atoms with Crippen LogP contribution in [0.4, 0.5) is 5.69 Å². The van der Waals surface area contributed by atoms with Crippen LogP contribution < -0.4 is 5.32 Å². The van der Waals surface area contributed by atoms with E-state index < -0.39 is 11.3 Å². The van der Waals surface area contributed by atoms with E-state index in [-0.39, 0.29) is 18.5 Å². The Hall–Kier alpha value is -2.14. The van der Waals surface area contributed by atoms with Gasteiger partial charge in [0.15, 0.2) is 0 Å². The number of ether oxygens (including phenoxy) is 1. The van der Waals surface area contributed by atoms with Crippen molar-refractivity contribution in [1.29, 1.82) is 0 Å². The molecular weight excluding hydrogens is 358 g/mol. The van der Waals surface area contributed by atoms with Crippen molar-refractivity contribution in [2.75, 3.05) is 5.32 Å². The van der Waals surface area contributed by atoms with E-state index in [1.165, 1.54) is 0 Å². The Morgan fingerprint density at radius 3 is 2.83 bits per heavy atom. The van der Waals surface area contributed by atoms with E-state index in [2.05, 4.69) is 21.2 Å². The van der Waals surface area contributed by atoms with E-state index in [0.717, 1.165) is 21.3 Å². The van der Waals surface area contributed by atoms with Crippen LogP contribution in [0.2, 0.25) is 0 Å². The standard InChI is InChI=1S/C18H14BrNO3/c19-12-6-7-15-13(8-12)18(17(22)20-15)9-14(18)16(21)23-10-11-4-2-1-3-5-11/h1-8,14H,9-10H2,(H,20,22)/t14-,18-/m1/s1. The Labute approximate surface area is 142 Å². The van der Waals surface area contributed by atoms with Crippen molar-refractivity contribution >= 4 is 33.5 Å². The molecule has 1 fully saturated rings. The maximum absolute atomic E-state index is 12.4. The topological polar surface area (TPSA) is 55.4 Å². The van der Waals surface area contributed by atoms with Gasteiger partial charge in [-0.2, -0.15) is 0 Å². The molecule has 1 amide bonds. The van der Waals surface area contributed by atoms with Gasteiger partial charge < -0.3 is 10.1 Å². The molecule has 2 aromatic carbocycles. The van der Waals surface area contributed by atoms with E-state index in [0.29, 0.717) is 6.42 Å². The van der Waals surface area contributed by atoms with Gasteiger partial charge in [-0.1, -0.05) is 46.3 Å². The van der Waals surface area contributed by atoms with Gasteiger partial charge in [-0.25, -0.2) is 0 Å². The van der Waals surface area contributed by atoms with Crippen LogP contribution in [-0.4, -0.2) is 11.9 Å². The van der Waals surface area contributed by atoms with E-state index in [9.17, 15) is 9.59 Å². The number of nitrogens with one attached hydrogen (secondary N) is 1. The molecule has 4 rings (SSSR count). The second-order valence-electron chi connectivity index (χ2n) is 5.97. The van der Waals surface area contributed by atoms with E-state index in [1.807, 2.05) is 48.5 Å². The number of halogens is 1. The van der Waals surface area contributed by atoms with Crippen molar-refractivity contribution in [2.45, 2.75) is 18.4 Å². The second-order valence-corrected chi connectivity index (χ2v) is 6.88. The molecule has 0 aromatic heterocycles. The zero-order valence-electron chi connectivity index (χ0n) is 12.2. The lowest BCUT2D eigenvalue weighted by Crippen LogP contribution is -2.25. The Morgan fingerprint density at radius 2 is 2.04 bits per heavy atom. The van der Waals surface area contributed by atoms with Crippen LogP contribution in [0.3, 0.4) is 0 Å². The highest BCUT2D eigenvalue weighted by Crippen LogP contribution is 2.60. The molecule has 0 unspecified atom stereocenters. The summed E-state index contributed by atoms with van der Waals surface area (Å²) >= 11 is 3.43. The number of esters is 1. The normalized spacial score (nSPS) is 24.2. The lowest BCUT2D eigenvalue weighted by atomic mass is 9.95. The van der Waals surface area contributed by atoms with Gasteiger partial charge in [-0.15, -0.1) is 0 Å². The molecule has 1 aliphatic carbocycles. The molecule has 1 spiro atoms. The molecule has 23 heavy (non-hydrogen) atoms. The molecule has 2 aliphatic rings. The minimum Gasteiger partial charge on any atom is -0.461 e. The predicted molar refractivity (Wildman–Crippen MR) is 88.8 cm³/mol. The van der Waals surface area contributed by atoms with Gasteiger partial charge in [0.05, 0.1) is 11.3 Å². The van der Waals surface area contributed by atoms with Gasteiger partial charge in [-0.3, -0.25) is 9.59 Å². The Balaban J connectivity index is 1.52. The monoisotopic (exact) mass is 371 g/mol. The van der Waals surface area contributed by atoms with Gasteiger partial charge in [0, 0.05) is 10.2 Å². The first kappa shape index (κ1) is 14.5. The number of anilines is 1. The Kier molecular flexibility index (Phi) is 3.27. The summed E-state index contributed by atoms with van der Waals surface area (Å²) in [6, 6.07) is 15.2. The maximum atomic E-state index is 12.4. The third-order valence-corrected chi connectivity index (χ3v) is 5.08. The van der Waals surface area contributed by atoms with Crippen molar-refractivity contribution in [1.82, 2.24) is 0 Å². The third-order valence-electron chi connectivity index (χ3n) is 4.58. The summed E-state index contributed by atoms with van der Waals surface area (Å²) in [5, 5.41) is 2.87. The van der Waals surface area contributed by atoms with Gasteiger partial charge in [0.1, 0.15) is 6.61 Å². The summed E-state index contributed by atoms with van der Waals surface area (Å²) in [6.45, 7) is 0.235. The largest absolute Gasteiger partial charge is 0.461 e. The summed E-state index contributed by atoms with van der Waals surface area (Å²) in [5.74, 6) is -0.814. The van der Waals surface area contributed by atoms with Crippen LogP contribution in [0.25, 0.3) is 0 Å². The SMILES string of the molecule is O=C(OCc1ccccc1)[C@H]1C[C@]12C(=O)Nc1ccc(Br)cc12. The summed E-state index contributed by atoms with van der Waals surface area (Å²) in [6.07, 6.45) is 0.510. The minimum atomic E-state index is -0.743. The summed E-state index contributed by atoms with van der Waals surface area (Å²) in [4.78, 5) is 24.7. The predicted octanol–water partition coefficient (Wildman–Crippen LogP) is 3.40. The van der Waals surface area contributed by atoms with Gasteiger partial charge in [0.25, 0.3) is 0 Å². The average molecular weight is 372 g/mol. The van der Waals surface area contributed by atoms with Crippen LogP contribution >= 0.6 is 15.9 Å². The molecule has 4 nitrogen and oxygen atoms in total. The maximum Gasteiger partial charge on any atom is 0.310 e. The van der Waals surface area contributed by atoms with Crippen molar-refractivity contribution in [3.8, 4) is 0 Å². The van der Waals surface area contributed by atoms with Crippen LogP contribution in [0.5, 0.6) is 0 Å². The lowest BCUT2D eigenvalue weighted by Gasteiger charge is -2.09. The van der Waals surface area contributed by atoms with Crippen LogP contribution in [0, 0.1) is 5.92 Å². The summed E-state index contributed by atoms with van der Waals surface area (Å²) in [7, 11) is 0. The molecule has 1 N–H and O–H groups in total. The number of fused-ring (bicyclic) bond motifs is 2. The second kappa shape index (κ2) is 5.20. The van der Waals surface area contributed by atoms with Gasteiger partial charge >= 0.3 is 5.97 Å². The van der Waals surface area contributed by atoms with Crippen molar-refractivity contribution in [3.63, 3.8) is 0 Å². The fourth-order valence-electron chi connectivity index (χ4n) is 3.28. The molecule has 1 heterocycles. The Morgan fingerprint density at radius 1 is 1.26 bits per heavy atom. The number of amides is 1. The third kappa shape index (κ3) is 2.27. The molecule has 1 saturated carbocycles. The molecular formula is C18H14BrNO3. The number of rotatable bonds is 3. The van der Waals surface area contributed by atoms with Crippen LogP contribution in [0.15, 0.2) is 53.0 Å². The minimum absolute atomic E-state index is 0.104.